The number of hydrogen-bond donors (Lipinski definition) is 0. The van der Waals surface area contributed by atoms with Crippen LogP contribution in [0.2, 0.25) is 0 Å². The van der Waals surface area contributed by atoms with E-state index in [-0.39, 0.29) is 17.3 Å². The fourth-order valence-corrected chi connectivity index (χ4v) is 4.38. The summed E-state index contributed by atoms with van der Waals surface area (Å²) in [6.45, 7) is 1.34. The van der Waals surface area contributed by atoms with Gasteiger partial charge < -0.3 is 14.2 Å². The van der Waals surface area contributed by atoms with Crippen LogP contribution in [-0.4, -0.2) is 48.2 Å². The molecule has 0 spiro atoms. The highest BCUT2D eigenvalue weighted by molar-refractivity contribution is 8.18. The normalized spacial score (nSPS) is 14.5. The van der Waals surface area contributed by atoms with Crippen LogP contribution in [0.15, 0.2) is 65.6 Å². The van der Waals surface area contributed by atoms with Gasteiger partial charge in [-0.05, 0) is 59.3 Å². The van der Waals surface area contributed by atoms with Gasteiger partial charge in [-0.25, -0.2) is 4.79 Å². The number of nitrogens with zero attached hydrogens (tertiary/aromatic N) is 1. The molecule has 3 aromatic carbocycles. The number of imide groups is 1. The number of amides is 2. The lowest BCUT2D eigenvalue weighted by atomic mass is 10.0. The van der Waals surface area contributed by atoms with Crippen molar-refractivity contribution in [3.8, 4) is 11.5 Å². The lowest BCUT2D eigenvalue weighted by Gasteiger charge is -2.12. The smallest absolute Gasteiger partial charge is 0.344 e. The lowest BCUT2D eigenvalue weighted by molar-refractivity contribution is -0.145. The minimum atomic E-state index is -0.664. The molecule has 9 heteroatoms. The van der Waals surface area contributed by atoms with Crippen molar-refractivity contribution >= 4 is 51.7 Å². The number of carbonyl (C=O) groups excluding carboxylic acids is 4. The molecule has 0 radical (unpaired) electrons. The average Bonchev–Trinajstić information content (AvgIpc) is 3.11. The summed E-state index contributed by atoms with van der Waals surface area (Å²) in [6, 6.07) is 17.6. The lowest BCUT2D eigenvalue weighted by Crippen LogP contribution is -2.34. The maximum absolute atomic E-state index is 13.0. The molecular weight excluding hydrogens is 470 g/mol. The molecule has 1 saturated heterocycles. The molecule has 178 valence electrons. The summed E-state index contributed by atoms with van der Waals surface area (Å²) < 4.78 is 15.8. The number of ether oxygens (including phenoxy) is 3. The number of fused-ring (bicyclic) bond motifs is 1. The molecule has 0 saturated carbocycles. The molecule has 0 aliphatic carbocycles. The van der Waals surface area contributed by atoms with Gasteiger partial charge in [-0.15, -0.1) is 0 Å². The van der Waals surface area contributed by atoms with Crippen LogP contribution >= 0.6 is 11.8 Å². The highest BCUT2D eigenvalue weighted by Crippen LogP contribution is 2.35. The number of carbonyl (C=O) groups is 4. The first-order valence-electron chi connectivity index (χ1n) is 10.7. The number of hydrogen-bond acceptors (Lipinski definition) is 8. The number of rotatable bonds is 7. The van der Waals surface area contributed by atoms with E-state index in [4.69, 9.17) is 14.2 Å². The van der Waals surface area contributed by atoms with Crippen molar-refractivity contribution in [3.05, 3.63) is 76.7 Å². The second-order valence-corrected chi connectivity index (χ2v) is 8.39. The van der Waals surface area contributed by atoms with Crippen LogP contribution in [-0.2, 0) is 14.3 Å². The van der Waals surface area contributed by atoms with Gasteiger partial charge in [0.1, 0.15) is 6.54 Å². The molecule has 0 atom stereocenters. The molecule has 3 aromatic rings. The topological polar surface area (TPSA) is 99.2 Å². The molecule has 1 aliphatic rings. The van der Waals surface area contributed by atoms with Crippen molar-refractivity contribution in [2.45, 2.75) is 6.92 Å². The van der Waals surface area contributed by atoms with Gasteiger partial charge in [0.15, 0.2) is 11.5 Å². The van der Waals surface area contributed by atoms with Gasteiger partial charge in [-0.2, -0.15) is 0 Å². The fraction of sp³-hybridized carbons (Fsp3) is 0.154. The highest BCUT2D eigenvalue weighted by Gasteiger charge is 2.36. The van der Waals surface area contributed by atoms with Crippen LogP contribution in [0.25, 0.3) is 16.8 Å². The molecule has 8 nitrogen and oxygen atoms in total. The minimum absolute atomic E-state index is 0.135. The van der Waals surface area contributed by atoms with Crippen molar-refractivity contribution in [2.24, 2.45) is 0 Å². The Morgan fingerprint density at radius 2 is 1.77 bits per heavy atom. The van der Waals surface area contributed by atoms with Gasteiger partial charge >= 0.3 is 11.9 Å². The van der Waals surface area contributed by atoms with E-state index in [1.165, 1.54) is 13.2 Å². The van der Waals surface area contributed by atoms with E-state index < -0.39 is 29.6 Å². The Balaban J connectivity index is 1.59. The Morgan fingerprint density at radius 1 is 1.00 bits per heavy atom. The summed E-state index contributed by atoms with van der Waals surface area (Å²) in [7, 11) is 1.45. The van der Waals surface area contributed by atoms with Crippen molar-refractivity contribution in [3.63, 3.8) is 0 Å². The van der Waals surface area contributed by atoms with Crippen molar-refractivity contribution < 1.29 is 33.4 Å². The highest BCUT2D eigenvalue weighted by atomic mass is 32.2. The van der Waals surface area contributed by atoms with Crippen LogP contribution in [0, 0.1) is 0 Å². The maximum atomic E-state index is 13.0. The number of methoxy groups -OCH3 is 1. The first kappa shape index (κ1) is 24.0. The van der Waals surface area contributed by atoms with Crippen molar-refractivity contribution in [1.29, 1.82) is 0 Å². The van der Waals surface area contributed by atoms with Gasteiger partial charge in [0.05, 0.1) is 24.2 Å². The molecule has 2 amide bonds. The van der Waals surface area contributed by atoms with Gasteiger partial charge in [0.25, 0.3) is 11.1 Å². The molecule has 0 aromatic heterocycles. The van der Waals surface area contributed by atoms with Crippen LogP contribution in [0.4, 0.5) is 4.79 Å². The number of thioether (sulfide) groups is 1. The third kappa shape index (κ3) is 5.20. The zero-order chi connectivity index (χ0) is 24.9. The Labute approximate surface area is 205 Å². The van der Waals surface area contributed by atoms with E-state index in [1.54, 1.807) is 37.3 Å². The molecule has 0 N–H and O–H groups in total. The molecular formula is C26H21NO7S. The Morgan fingerprint density at radius 3 is 2.54 bits per heavy atom. The van der Waals surface area contributed by atoms with Gasteiger partial charge in [0.2, 0.25) is 0 Å². The average molecular weight is 492 g/mol. The molecule has 1 fully saturated rings. The first-order valence-corrected chi connectivity index (χ1v) is 11.5. The van der Waals surface area contributed by atoms with E-state index in [2.05, 4.69) is 0 Å². The van der Waals surface area contributed by atoms with E-state index in [9.17, 15) is 19.2 Å². The molecule has 0 bridgehead atoms. The van der Waals surface area contributed by atoms with Crippen molar-refractivity contribution in [2.75, 3.05) is 20.3 Å². The van der Waals surface area contributed by atoms with Crippen LogP contribution in [0.3, 0.4) is 0 Å². The predicted octanol–water partition coefficient (Wildman–Crippen LogP) is 4.67. The summed E-state index contributed by atoms with van der Waals surface area (Å²) >= 11 is 0.716. The van der Waals surface area contributed by atoms with Gasteiger partial charge in [0, 0.05) is 0 Å². The Bertz CT molecular complexity index is 1360. The predicted molar refractivity (Wildman–Crippen MR) is 131 cm³/mol. The summed E-state index contributed by atoms with van der Waals surface area (Å²) in [5.74, 6) is -1.34. The maximum Gasteiger partial charge on any atom is 0.344 e. The standard InChI is InChI=1S/C26H21NO7S/c1-3-33-23(28)15-27-24(29)22(35-26(27)31)14-16-11-12-20(32-2)21(13-16)34-25(30)19-10-6-8-17-7-4-5-9-18(17)19/h4-14H,3,15H2,1-2H3/b22-14-. The van der Waals surface area contributed by atoms with Gasteiger partial charge in [-0.1, -0.05) is 42.5 Å². The first-order chi connectivity index (χ1) is 16.9. The largest absolute Gasteiger partial charge is 0.493 e. The number of esters is 2. The molecule has 0 unspecified atom stereocenters. The molecule has 35 heavy (non-hydrogen) atoms. The summed E-state index contributed by atoms with van der Waals surface area (Å²) in [5, 5.41) is 1.09. The zero-order valence-electron chi connectivity index (χ0n) is 19.0. The summed E-state index contributed by atoms with van der Waals surface area (Å²) in [5.41, 5.74) is 0.906. The van der Waals surface area contributed by atoms with Gasteiger partial charge in [-0.3, -0.25) is 19.3 Å². The quantitative estimate of drug-likeness (QED) is 0.267. The van der Waals surface area contributed by atoms with Crippen molar-refractivity contribution in [1.82, 2.24) is 4.90 Å². The fourth-order valence-electron chi connectivity index (χ4n) is 3.54. The third-order valence-electron chi connectivity index (χ3n) is 5.16. The van der Waals surface area contributed by atoms with E-state index in [0.29, 0.717) is 28.6 Å². The van der Waals surface area contributed by atoms with Crippen LogP contribution < -0.4 is 9.47 Å². The van der Waals surface area contributed by atoms with E-state index >= 15 is 0 Å². The molecule has 1 aliphatic heterocycles. The summed E-state index contributed by atoms with van der Waals surface area (Å²) in [6.07, 6.45) is 1.49. The molecule has 4 rings (SSSR count). The third-order valence-corrected chi connectivity index (χ3v) is 6.07. The van der Waals surface area contributed by atoms with Crippen LogP contribution in [0.1, 0.15) is 22.8 Å². The van der Waals surface area contributed by atoms with Crippen LogP contribution in [0.5, 0.6) is 11.5 Å². The Kier molecular flexibility index (Phi) is 7.17. The SMILES string of the molecule is CCOC(=O)CN1C(=O)S/C(=C\c2ccc(OC)c(OC(=O)c3cccc4ccccc34)c2)C1=O. The number of benzene rings is 3. The van der Waals surface area contributed by atoms with E-state index in [1.807, 2.05) is 30.3 Å². The molecule has 1 heterocycles. The minimum Gasteiger partial charge on any atom is -0.493 e. The van der Waals surface area contributed by atoms with E-state index in [0.717, 1.165) is 15.7 Å². The zero-order valence-corrected chi connectivity index (χ0v) is 19.8. The second kappa shape index (κ2) is 10.4. The Hall–Kier alpha value is -4.11. The monoisotopic (exact) mass is 491 g/mol. The summed E-state index contributed by atoms with van der Waals surface area (Å²) in [4.78, 5) is 50.6. The second-order valence-electron chi connectivity index (χ2n) is 7.40.